The van der Waals surface area contributed by atoms with Gasteiger partial charge in [-0.3, -0.25) is 4.79 Å². The number of piperidine rings is 1. The number of esters is 1. The molecule has 4 aliphatic rings. The van der Waals surface area contributed by atoms with Crippen molar-refractivity contribution in [1.82, 2.24) is 4.90 Å². The third-order valence-corrected chi connectivity index (χ3v) is 8.98. The number of allylic oxidation sites excluding steroid dienone is 1. The van der Waals surface area contributed by atoms with E-state index in [9.17, 15) is 9.59 Å². The van der Waals surface area contributed by atoms with Gasteiger partial charge in [-0.2, -0.15) is 0 Å². The highest BCUT2D eigenvalue weighted by molar-refractivity contribution is 5.83. The van der Waals surface area contributed by atoms with Crippen LogP contribution in [0.15, 0.2) is 11.6 Å². The van der Waals surface area contributed by atoms with E-state index in [1.165, 1.54) is 31.3 Å². The Labute approximate surface area is 163 Å². The molecule has 0 unspecified atom stereocenters. The maximum absolute atomic E-state index is 12.3. The quantitative estimate of drug-likeness (QED) is 0.534. The molecule has 1 amide bonds. The monoisotopic (exact) mass is 373 g/mol. The van der Waals surface area contributed by atoms with Gasteiger partial charge in [-0.05, 0) is 80.5 Å². The Morgan fingerprint density at radius 3 is 2.67 bits per heavy atom. The molecular formula is C23H35NO3. The van der Waals surface area contributed by atoms with Crippen LogP contribution >= 0.6 is 0 Å². The number of carbonyl (C=O) groups excluding carboxylic acids is 2. The molecule has 0 aromatic rings. The topological polar surface area (TPSA) is 46.6 Å². The zero-order valence-corrected chi connectivity index (χ0v) is 17.4. The number of fused-ring (bicyclic) bond motifs is 5. The van der Waals surface area contributed by atoms with Gasteiger partial charge < -0.3 is 9.64 Å². The molecule has 0 spiro atoms. The Morgan fingerprint density at radius 1 is 1.15 bits per heavy atom. The van der Waals surface area contributed by atoms with Crippen molar-refractivity contribution < 1.29 is 14.3 Å². The molecule has 0 N–H and O–H groups in total. The van der Waals surface area contributed by atoms with Crippen LogP contribution in [0.2, 0.25) is 0 Å². The normalized spacial score (nSPS) is 45.3. The molecule has 0 aromatic heterocycles. The number of rotatable bonds is 2. The number of ether oxygens (including phenoxy) is 1. The highest BCUT2D eigenvalue weighted by Crippen LogP contribution is 2.65. The van der Waals surface area contributed by atoms with Gasteiger partial charge in [0.2, 0.25) is 5.91 Å². The zero-order chi connectivity index (χ0) is 19.4. The maximum atomic E-state index is 12.3. The predicted molar refractivity (Wildman–Crippen MR) is 105 cm³/mol. The van der Waals surface area contributed by atoms with Gasteiger partial charge in [0.1, 0.15) is 0 Å². The second kappa shape index (κ2) is 6.63. The number of hydrogen-bond acceptors (Lipinski definition) is 3. The summed E-state index contributed by atoms with van der Waals surface area (Å²) in [4.78, 5) is 26.4. The molecule has 6 atom stereocenters. The smallest absolute Gasteiger partial charge is 0.330 e. The fraction of sp³-hybridized carbons (Fsp3) is 0.826. The van der Waals surface area contributed by atoms with Crippen LogP contribution in [0, 0.1) is 28.6 Å². The summed E-state index contributed by atoms with van der Waals surface area (Å²) in [5, 5.41) is 0. The van der Waals surface area contributed by atoms with Crippen LogP contribution in [-0.4, -0.2) is 36.5 Å². The van der Waals surface area contributed by atoms with Crippen molar-refractivity contribution in [3.63, 3.8) is 0 Å². The van der Waals surface area contributed by atoms with Crippen LogP contribution in [0.1, 0.15) is 72.1 Å². The zero-order valence-electron chi connectivity index (χ0n) is 17.4. The van der Waals surface area contributed by atoms with Crippen molar-refractivity contribution in [2.75, 3.05) is 13.7 Å². The summed E-state index contributed by atoms with van der Waals surface area (Å²) < 4.78 is 5.19. The van der Waals surface area contributed by atoms with Crippen molar-refractivity contribution >= 4 is 11.9 Å². The minimum Gasteiger partial charge on any atom is -0.463 e. The molecule has 27 heavy (non-hydrogen) atoms. The lowest BCUT2D eigenvalue weighted by atomic mass is 9.47. The summed E-state index contributed by atoms with van der Waals surface area (Å²) in [7, 11) is 2.02. The van der Waals surface area contributed by atoms with E-state index in [0.29, 0.717) is 36.8 Å². The molecule has 4 fully saturated rings. The summed E-state index contributed by atoms with van der Waals surface area (Å²) in [5.74, 6) is 2.29. The van der Waals surface area contributed by atoms with Gasteiger partial charge in [0, 0.05) is 25.6 Å². The van der Waals surface area contributed by atoms with Gasteiger partial charge in [0.05, 0.1) is 6.61 Å². The molecule has 1 heterocycles. The largest absolute Gasteiger partial charge is 0.463 e. The minimum atomic E-state index is -0.167. The van der Waals surface area contributed by atoms with Crippen LogP contribution in [0.25, 0.3) is 0 Å². The van der Waals surface area contributed by atoms with E-state index >= 15 is 0 Å². The molecule has 4 rings (SSSR count). The first-order chi connectivity index (χ1) is 12.8. The average Bonchev–Trinajstić information content (AvgIpc) is 2.95. The lowest BCUT2D eigenvalue weighted by Crippen LogP contribution is -2.61. The molecule has 3 aliphatic carbocycles. The van der Waals surface area contributed by atoms with E-state index in [1.807, 2.05) is 20.0 Å². The van der Waals surface area contributed by atoms with Gasteiger partial charge in [-0.25, -0.2) is 4.79 Å². The Bertz CT molecular complexity index is 671. The standard InChI is InChI=1S/C23H35NO3/c1-5-27-21(26)14-15-6-8-17-16-7-9-19-23(3,13-11-20(25)24(19)4)18(16)10-12-22(15,17)2/h14,16-19H,5-13H2,1-4H3/t16-,17-,18-,19+,22+,23+/m0/s1. The molecule has 0 bridgehead atoms. The summed E-state index contributed by atoms with van der Waals surface area (Å²) in [6.07, 6.45) is 10.6. The molecular weight excluding hydrogens is 338 g/mol. The maximum Gasteiger partial charge on any atom is 0.330 e. The molecule has 150 valence electrons. The molecule has 0 radical (unpaired) electrons. The van der Waals surface area contributed by atoms with Gasteiger partial charge in [-0.15, -0.1) is 0 Å². The fourth-order valence-electron chi connectivity index (χ4n) is 7.56. The van der Waals surface area contributed by atoms with Crippen LogP contribution in [0.4, 0.5) is 0 Å². The summed E-state index contributed by atoms with van der Waals surface area (Å²) in [6.45, 7) is 7.17. The third-order valence-electron chi connectivity index (χ3n) is 8.98. The first-order valence-electron chi connectivity index (χ1n) is 10.9. The second-order valence-corrected chi connectivity index (χ2v) is 9.90. The SMILES string of the molecule is CCOC(=O)C=C1CC[C@H]2[C@@H]3CC[C@H]4N(C)C(=O)CC[C@]4(C)[C@H]3CC[C@]12C. The average molecular weight is 374 g/mol. The third kappa shape index (κ3) is 2.77. The lowest BCUT2D eigenvalue weighted by molar-refractivity contribution is -0.156. The summed E-state index contributed by atoms with van der Waals surface area (Å²) in [6, 6.07) is 0.417. The Balaban J connectivity index is 1.59. The van der Waals surface area contributed by atoms with Gasteiger partial charge in [0.25, 0.3) is 0 Å². The van der Waals surface area contributed by atoms with Gasteiger partial charge >= 0.3 is 5.97 Å². The number of nitrogens with zero attached hydrogens (tertiary/aromatic N) is 1. The van der Waals surface area contributed by atoms with Crippen LogP contribution in [0.3, 0.4) is 0 Å². The first-order valence-corrected chi connectivity index (χ1v) is 10.9. The highest BCUT2D eigenvalue weighted by Gasteiger charge is 2.60. The van der Waals surface area contributed by atoms with Crippen LogP contribution in [-0.2, 0) is 14.3 Å². The number of hydrogen-bond donors (Lipinski definition) is 0. The van der Waals surface area contributed by atoms with E-state index in [4.69, 9.17) is 4.74 Å². The van der Waals surface area contributed by atoms with E-state index in [1.54, 1.807) is 0 Å². The summed E-state index contributed by atoms with van der Waals surface area (Å²) >= 11 is 0. The van der Waals surface area contributed by atoms with Crippen molar-refractivity contribution in [2.24, 2.45) is 28.6 Å². The summed E-state index contributed by atoms with van der Waals surface area (Å²) in [5.41, 5.74) is 1.75. The fourth-order valence-corrected chi connectivity index (χ4v) is 7.56. The number of carbonyl (C=O) groups is 2. The van der Waals surface area contributed by atoms with Crippen molar-refractivity contribution in [2.45, 2.75) is 78.2 Å². The van der Waals surface area contributed by atoms with Gasteiger partial charge in [0.15, 0.2) is 0 Å². The molecule has 0 aromatic carbocycles. The molecule has 4 heteroatoms. The Kier molecular flexibility index (Phi) is 4.67. The van der Waals surface area contributed by atoms with Crippen LogP contribution < -0.4 is 0 Å². The van der Waals surface area contributed by atoms with E-state index in [2.05, 4.69) is 18.7 Å². The second-order valence-electron chi connectivity index (χ2n) is 9.90. The lowest BCUT2D eigenvalue weighted by Gasteiger charge is -2.61. The van der Waals surface area contributed by atoms with E-state index < -0.39 is 0 Å². The predicted octanol–water partition coefficient (Wildman–Crippen LogP) is 4.34. The Morgan fingerprint density at radius 2 is 1.93 bits per heavy atom. The number of likely N-dealkylation sites (tertiary alicyclic amines) is 1. The van der Waals surface area contributed by atoms with Crippen LogP contribution in [0.5, 0.6) is 0 Å². The first kappa shape index (κ1) is 19.0. The van der Waals surface area contributed by atoms with Crippen molar-refractivity contribution in [1.29, 1.82) is 0 Å². The van der Waals surface area contributed by atoms with Crippen molar-refractivity contribution in [3.8, 4) is 0 Å². The van der Waals surface area contributed by atoms with E-state index in [-0.39, 0.29) is 16.8 Å². The minimum absolute atomic E-state index is 0.160. The number of amides is 1. The molecule has 4 nitrogen and oxygen atoms in total. The molecule has 1 aliphatic heterocycles. The molecule has 1 saturated heterocycles. The Hall–Kier alpha value is -1.32. The van der Waals surface area contributed by atoms with Crippen molar-refractivity contribution in [3.05, 3.63) is 11.6 Å². The molecule has 3 saturated carbocycles. The van der Waals surface area contributed by atoms with Gasteiger partial charge in [-0.1, -0.05) is 19.4 Å². The highest BCUT2D eigenvalue weighted by atomic mass is 16.5. The van der Waals surface area contributed by atoms with E-state index in [0.717, 1.165) is 25.2 Å².